The third-order valence-electron chi connectivity index (χ3n) is 2.58. The van der Waals surface area contributed by atoms with E-state index in [0.717, 1.165) is 0 Å². The molecule has 0 amide bonds. The van der Waals surface area contributed by atoms with Crippen LogP contribution in [0, 0.1) is 0 Å². The Balaban J connectivity index is 2.35. The van der Waals surface area contributed by atoms with Crippen LogP contribution in [0.3, 0.4) is 0 Å². The predicted molar refractivity (Wildman–Crippen MR) is 78.2 cm³/mol. The van der Waals surface area contributed by atoms with Gasteiger partial charge in [0.2, 0.25) is 0 Å². The SMILES string of the molecule is Nc1ccc(S(=O)(=O)Cc2cccc(Cl)c2)cc1Cl. The molecule has 2 aromatic rings. The molecule has 2 N–H and O–H groups in total. The van der Waals surface area contributed by atoms with Crippen molar-refractivity contribution in [3.05, 3.63) is 58.1 Å². The second-order valence-corrected chi connectivity index (χ2v) is 6.91. The van der Waals surface area contributed by atoms with Crippen LogP contribution in [-0.4, -0.2) is 8.42 Å². The fourth-order valence-corrected chi connectivity index (χ4v) is 3.45. The fraction of sp³-hybridized carbons (Fsp3) is 0.0769. The minimum Gasteiger partial charge on any atom is -0.398 e. The largest absolute Gasteiger partial charge is 0.398 e. The molecule has 0 fully saturated rings. The number of benzene rings is 2. The Hall–Kier alpha value is -1.23. The summed E-state index contributed by atoms with van der Waals surface area (Å²) in [5.74, 6) is -0.131. The molecule has 0 aromatic heterocycles. The van der Waals surface area contributed by atoms with E-state index in [1.54, 1.807) is 24.3 Å². The molecule has 0 aliphatic carbocycles. The molecule has 0 saturated heterocycles. The van der Waals surface area contributed by atoms with Crippen LogP contribution in [-0.2, 0) is 15.6 Å². The standard InChI is InChI=1S/C13H11Cl2NO2S/c14-10-3-1-2-9(6-10)8-19(17,18)11-4-5-13(16)12(15)7-11/h1-7H,8,16H2. The van der Waals surface area contributed by atoms with Crippen molar-refractivity contribution >= 4 is 38.7 Å². The van der Waals surface area contributed by atoms with Crippen LogP contribution < -0.4 is 5.73 Å². The fourth-order valence-electron chi connectivity index (χ4n) is 1.63. The molecule has 2 aromatic carbocycles. The number of hydrogen-bond donors (Lipinski definition) is 1. The number of nitrogens with two attached hydrogens (primary N) is 1. The summed E-state index contributed by atoms with van der Waals surface area (Å²) >= 11 is 11.7. The van der Waals surface area contributed by atoms with Crippen LogP contribution in [0.5, 0.6) is 0 Å². The summed E-state index contributed by atoms with van der Waals surface area (Å²) in [6.07, 6.45) is 0. The highest BCUT2D eigenvalue weighted by atomic mass is 35.5. The summed E-state index contributed by atoms with van der Waals surface area (Å²) in [5.41, 5.74) is 6.54. The number of halogens is 2. The zero-order valence-corrected chi connectivity index (χ0v) is 12.1. The van der Waals surface area contributed by atoms with Gasteiger partial charge in [-0.05, 0) is 35.9 Å². The van der Waals surface area contributed by atoms with Crippen molar-refractivity contribution in [3.63, 3.8) is 0 Å². The normalized spacial score (nSPS) is 11.5. The minimum atomic E-state index is -3.47. The Labute approximate surface area is 121 Å². The number of hydrogen-bond acceptors (Lipinski definition) is 3. The summed E-state index contributed by atoms with van der Waals surface area (Å²) in [7, 11) is -3.47. The summed E-state index contributed by atoms with van der Waals surface area (Å²) in [6.45, 7) is 0. The first kappa shape index (κ1) is 14.2. The Kier molecular flexibility index (Phi) is 4.04. The highest BCUT2D eigenvalue weighted by Gasteiger charge is 2.16. The molecule has 19 heavy (non-hydrogen) atoms. The number of nitrogen functional groups attached to an aromatic ring is 1. The average Bonchev–Trinajstić information content (AvgIpc) is 2.32. The van der Waals surface area contributed by atoms with Crippen LogP contribution in [0.4, 0.5) is 5.69 Å². The first-order valence-electron chi connectivity index (χ1n) is 5.41. The van der Waals surface area contributed by atoms with Gasteiger partial charge < -0.3 is 5.73 Å². The van der Waals surface area contributed by atoms with Crippen molar-refractivity contribution in [2.24, 2.45) is 0 Å². The summed E-state index contributed by atoms with van der Waals surface area (Å²) < 4.78 is 24.5. The number of rotatable bonds is 3. The van der Waals surface area contributed by atoms with E-state index in [2.05, 4.69) is 0 Å². The lowest BCUT2D eigenvalue weighted by Gasteiger charge is -2.06. The van der Waals surface area contributed by atoms with E-state index in [4.69, 9.17) is 28.9 Å². The van der Waals surface area contributed by atoms with Crippen molar-refractivity contribution in [1.29, 1.82) is 0 Å². The van der Waals surface area contributed by atoms with Crippen LogP contribution in [0.15, 0.2) is 47.4 Å². The molecule has 0 unspecified atom stereocenters. The molecule has 0 aliphatic rings. The van der Waals surface area contributed by atoms with Crippen LogP contribution in [0.1, 0.15) is 5.56 Å². The van der Waals surface area contributed by atoms with Gasteiger partial charge in [-0.1, -0.05) is 35.3 Å². The van der Waals surface area contributed by atoms with Gasteiger partial charge in [0.1, 0.15) is 0 Å². The van der Waals surface area contributed by atoms with E-state index in [9.17, 15) is 8.42 Å². The van der Waals surface area contributed by atoms with Crippen molar-refractivity contribution in [1.82, 2.24) is 0 Å². The van der Waals surface area contributed by atoms with Crippen molar-refractivity contribution < 1.29 is 8.42 Å². The van der Waals surface area contributed by atoms with Crippen LogP contribution in [0.2, 0.25) is 10.0 Å². The minimum absolute atomic E-state index is 0.131. The lowest BCUT2D eigenvalue weighted by molar-refractivity contribution is 0.595. The average molecular weight is 316 g/mol. The third kappa shape index (κ3) is 3.41. The third-order valence-corrected chi connectivity index (χ3v) is 4.82. The van der Waals surface area contributed by atoms with Crippen molar-refractivity contribution in [2.75, 3.05) is 5.73 Å². The van der Waals surface area contributed by atoms with Gasteiger partial charge in [-0.25, -0.2) is 8.42 Å². The molecule has 6 heteroatoms. The topological polar surface area (TPSA) is 60.2 Å². The van der Waals surface area contributed by atoms with Crippen LogP contribution >= 0.6 is 23.2 Å². The van der Waals surface area contributed by atoms with Gasteiger partial charge in [-0.2, -0.15) is 0 Å². The van der Waals surface area contributed by atoms with Gasteiger partial charge in [0.05, 0.1) is 21.4 Å². The lowest BCUT2D eigenvalue weighted by atomic mass is 10.2. The molecule has 0 spiro atoms. The maximum absolute atomic E-state index is 12.2. The molecule has 0 radical (unpaired) electrons. The Morgan fingerprint density at radius 2 is 1.79 bits per heavy atom. The van der Waals surface area contributed by atoms with Gasteiger partial charge in [-0.3, -0.25) is 0 Å². The van der Waals surface area contributed by atoms with E-state index in [0.29, 0.717) is 16.3 Å². The first-order valence-corrected chi connectivity index (χ1v) is 7.81. The molecule has 0 bridgehead atoms. The summed E-state index contributed by atoms with van der Waals surface area (Å²) in [6, 6.07) is 11.0. The molecular formula is C13H11Cl2NO2S. The molecule has 0 saturated carbocycles. The van der Waals surface area contributed by atoms with E-state index in [1.165, 1.54) is 18.2 Å². The number of anilines is 1. The number of sulfone groups is 1. The highest BCUT2D eigenvalue weighted by molar-refractivity contribution is 7.90. The van der Waals surface area contributed by atoms with Gasteiger partial charge >= 0.3 is 0 Å². The first-order chi connectivity index (χ1) is 8.88. The van der Waals surface area contributed by atoms with Gasteiger partial charge in [0, 0.05) is 5.02 Å². The Morgan fingerprint density at radius 1 is 1.05 bits per heavy atom. The zero-order chi connectivity index (χ0) is 14.0. The van der Waals surface area contributed by atoms with Gasteiger partial charge in [-0.15, -0.1) is 0 Å². The summed E-state index contributed by atoms with van der Waals surface area (Å²) in [4.78, 5) is 0.145. The second kappa shape index (κ2) is 5.41. The molecule has 100 valence electrons. The van der Waals surface area contributed by atoms with Crippen LogP contribution in [0.25, 0.3) is 0 Å². The zero-order valence-electron chi connectivity index (χ0n) is 9.81. The summed E-state index contributed by atoms with van der Waals surface area (Å²) in [5, 5.41) is 0.732. The predicted octanol–water partition coefficient (Wildman–Crippen LogP) is 3.55. The van der Waals surface area contributed by atoms with Gasteiger partial charge in [0.15, 0.2) is 9.84 Å². The lowest BCUT2D eigenvalue weighted by Crippen LogP contribution is -2.05. The molecule has 3 nitrogen and oxygen atoms in total. The van der Waals surface area contributed by atoms with E-state index >= 15 is 0 Å². The van der Waals surface area contributed by atoms with Crippen molar-refractivity contribution in [2.45, 2.75) is 10.6 Å². The molecular weight excluding hydrogens is 305 g/mol. The molecule has 2 rings (SSSR count). The quantitative estimate of drug-likeness (QED) is 0.881. The molecule has 0 heterocycles. The highest BCUT2D eigenvalue weighted by Crippen LogP contribution is 2.25. The van der Waals surface area contributed by atoms with Gasteiger partial charge in [0.25, 0.3) is 0 Å². The smallest absolute Gasteiger partial charge is 0.182 e. The monoisotopic (exact) mass is 315 g/mol. The maximum atomic E-state index is 12.2. The molecule has 0 atom stereocenters. The van der Waals surface area contributed by atoms with Crippen molar-refractivity contribution in [3.8, 4) is 0 Å². The second-order valence-electron chi connectivity index (χ2n) is 4.07. The van der Waals surface area contributed by atoms with E-state index in [1.807, 2.05) is 0 Å². The maximum Gasteiger partial charge on any atom is 0.182 e. The van der Waals surface area contributed by atoms with E-state index < -0.39 is 9.84 Å². The Morgan fingerprint density at radius 3 is 2.42 bits per heavy atom. The van der Waals surface area contributed by atoms with E-state index in [-0.39, 0.29) is 15.7 Å². The Bertz CT molecular complexity index is 714. The molecule has 0 aliphatic heterocycles.